The zero-order valence-corrected chi connectivity index (χ0v) is 21.0. The van der Waals surface area contributed by atoms with Gasteiger partial charge in [0.25, 0.3) is 11.8 Å². The summed E-state index contributed by atoms with van der Waals surface area (Å²) in [5.41, 5.74) is -0.0455. The number of hydrogen-bond acceptors (Lipinski definition) is 3. The maximum atomic E-state index is 12.9. The minimum absolute atomic E-state index is 0.107. The molecule has 0 saturated heterocycles. The Balaban J connectivity index is 2.36. The third kappa shape index (κ3) is 6.30. The van der Waals surface area contributed by atoms with Crippen LogP contribution in [0.5, 0.6) is 0 Å². The Kier molecular flexibility index (Phi) is 8.38. The van der Waals surface area contributed by atoms with Gasteiger partial charge < -0.3 is 10.6 Å². The van der Waals surface area contributed by atoms with Gasteiger partial charge in [0.1, 0.15) is 0 Å². The summed E-state index contributed by atoms with van der Waals surface area (Å²) >= 11 is 20.1. The second-order valence-electron chi connectivity index (χ2n) is 6.89. The molecular formula is C19H18Cl3IN2O3S. The fourth-order valence-electron chi connectivity index (χ4n) is 2.67. The summed E-state index contributed by atoms with van der Waals surface area (Å²) in [4.78, 5) is 25.9. The van der Waals surface area contributed by atoms with Crippen LogP contribution in [0.15, 0.2) is 30.3 Å². The topological polar surface area (TPSA) is 75.3 Å². The number of amides is 2. The average Bonchev–Trinajstić information content (AvgIpc) is 2.60. The van der Waals surface area contributed by atoms with Crippen molar-refractivity contribution in [2.45, 2.75) is 19.4 Å². The van der Waals surface area contributed by atoms with E-state index in [1.165, 1.54) is 12.1 Å². The van der Waals surface area contributed by atoms with E-state index in [1.54, 1.807) is 38.3 Å². The fourth-order valence-corrected chi connectivity index (χ4v) is 5.08. The molecule has 2 N–H and O–H groups in total. The van der Waals surface area contributed by atoms with Crippen molar-refractivity contribution >= 4 is 85.7 Å². The molecule has 0 aliphatic carbocycles. The summed E-state index contributed by atoms with van der Waals surface area (Å²) in [6.07, 6.45) is 1.57. The zero-order valence-electron chi connectivity index (χ0n) is 15.7. The van der Waals surface area contributed by atoms with Gasteiger partial charge in [0, 0.05) is 31.9 Å². The summed E-state index contributed by atoms with van der Waals surface area (Å²) in [6.45, 7) is 3.55. The highest BCUT2D eigenvalue weighted by Gasteiger charge is 2.27. The molecule has 2 aromatic rings. The molecule has 2 aromatic carbocycles. The van der Waals surface area contributed by atoms with E-state index < -0.39 is 28.2 Å². The van der Waals surface area contributed by atoms with Crippen LogP contribution in [0.1, 0.15) is 34.6 Å². The molecule has 5 nitrogen and oxygen atoms in total. The highest BCUT2D eigenvalue weighted by Crippen LogP contribution is 2.36. The average molecular weight is 588 g/mol. The molecule has 29 heavy (non-hydrogen) atoms. The van der Waals surface area contributed by atoms with Crippen molar-refractivity contribution in [1.82, 2.24) is 5.32 Å². The highest BCUT2D eigenvalue weighted by atomic mass is 127. The Hall–Kier alpha value is -0.870. The Bertz CT molecular complexity index is 999. The van der Waals surface area contributed by atoms with E-state index in [4.69, 9.17) is 34.8 Å². The van der Waals surface area contributed by atoms with Crippen molar-refractivity contribution in [2.24, 2.45) is 0 Å². The molecule has 1 unspecified atom stereocenters. The third-order valence-electron chi connectivity index (χ3n) is 3.78. The molecule has 2 amide bonds. The molecule has 10 heteroatoms. The van der Waals surface area contributed by atoms with Crippen LogP contribution in [0.2, 0.25) is 15.1 Å². The zero-order chi connectivity index (χ0) is 21.9. The lowest BCUT2D eigenvalue weighted by Crippen LogP contribution is -2.47. The molecule has 0 saturated carbocycles. The van der Waals surface area contributed by atoms with Gasteiger partial charge in [-0.3, -0.25) is 13.8 Å². The molecule has 0 radical (unpaired) electrons. The Labute approximate surface area is 200 Å². The lowest BCUT2D eigenvalue weighted by Gasteiger charge is -2.26. The molecular weight excluding hydrogens is 570 g/mol. The standard InChI is InChI=1S/C19H18Cl3IN2O3S/c1-19(2,9-29(3)28)25-18(27)14-10(5-4-6-12(14)23)17(26)24-13-8-7-11(20)15(21)16(13)22/h4-8H,9H2,1-3H3,(H,24,26)(H,25,27). The normalized spacial score (nSPS) is 12.4. The maximum Gasteiger partial charge on any atom is 0.256 e. The predicted molar refractivity (Wildman–Crippen MR) is 129 cm³/mol. The van der Waals surface area contributed by atoms with Crippen molar-refractivity contribution in [3.63, 3.8) is 0 Å². The second-order valence-corrected chi connectivity index (χ2v) is 10.7. The summed E-state index contributed by atoms with van der Waals surface area (Å²) in [6, 6.07) is 7.99. The SMILES string of the molecule is CS(=O)CC(C)(C)NC(=O)c1c(I)cccc1C(=O)Nc1ccc(Cl)c(Cl)c1Cl. The van der Waals surface area contributed by atoms with Crippen LogP contribution >= 0.6 is 57.4 Å². The van der Waals surface area contributed by atoms with Gasteiger partial charge in [-0.05, 0) is 60.7 Å². The number of benzene rings is 2. The molecule has 0 fully saturated rings. The van der Waals surface area contributed by atoms with Crippen LogP contribution in [-0.4, -0.2) is 33.6 Å². The highest BCUT2D eigenvalue weighted by molar-refractivity contribution is 14.1. The van der Waals surface area contributed by atoms with Crippen LogP contribution in [0.3, 0.4) is 0 Å². The van der Waals surface area contributed by atoms with E-state index in [0.29, 0.717) is 3.57 Å². The van der Waals surface area contributed by atoms with E-state index >= 15 is 0 Å². The first-order valence-electron chi connectivity index (χ1n) is 8.29. The number of halogens is 4. The van der Waals surface area contributed by atoms with Crippen molar-refractivity contribution in [2.75, 3.05) is 17.3 Å². The van der Waals surface area contributed by atoms with Crippen LogP contribution in [0, 0.1) is 3.57 Å². The summed E-state index contributed by atoms with van der Waals surface area (Å²) in [5, 5.41) is 6.01. The number of nitrogens with one attached hydrogen (secondary N) is 2. The summed E-state index contributed by atoms with van der Waals surface area (Å²) < 4.78 is 12.2. The van der Waals surface area contributed by atoms with E-state index in [0.717, 1.165) is 0 Å². The van der Waals surface area contributed by atoms with Gasteiger partial charge >= 0.3 is 0 Å². The van der Waals surface area contributed by atoms with Gasteiger partial charge in [0.15, 0.2) is 0 Å². The quantitative estimate of drug-likeness (QED) is 0.352. The monoisotopic (exact) mass is 586 g/mol. The van der Waals surface area contributed by atoms with Gasteiger partial charge in [-0.1, -0.05) is 40.9 Å². The molecule has 0 aromatic heterocycles. The van der Waals surface area contributed by atoms with E-state index in [9.17, 15) is 13.8 Å². The fraction of sp³-hybridized carbons (Fsp3) is 0.263. The smallest absolute Gasteiger partial charge is 0.256 e. The van der Waals surface area contributed by atoms with Gasteiger partial charge in [-0.15, -0.1) is 0 Å². The number of anilines is 1. The summed E-state index contributed by atoms with van der Waals surface area (Å²) in [5.74, 6) is -0.676. The first-order chi connectivity index (χ1) is 13.4. The van der Waals surface area contributed by atoms with Crippen LogP contribution < -0.4 is 10.6 Å². The lowest BCUT2D eigenvalue weighted by molar-refractivity contribution is 0.0909. The first-order valence-corrected chi connectivity index (χ1v) is 12.2. The minimum Gasteiger partial charge on any atom is -0.346 e. The largest absolute Gasteiger partial charge is 0.346 e. The molecule has 156 valence electrons. The van der Waals surface area contributed by atoms with Crippen molar-refractivity contribution < 1.29 is 13.8 Å². The van der Waals surface area contributed by atoms with Gasteiger partial charge in [0.2, 0.25) is 0 Å². The van der Waals surface area contributed by atoms with E-state index in [1.807, 2.05) is 22.6 Å². The van der Waals surface area contributed by atoms with Gasteiger partial charge in [-0.25, -0.2) is 0 Å². The molecule has 0 aliphatic rings. The molecule has 0 spiro atoms. The molecule has 2 rings (SSSR count). The van der Waals surface area contributed by atoms with Crippen LogP contribution in [0.4, 0.5) is 5.69 Å². The maximum absolute atomic E-state index is 12.9. The number of hydrogen-bond donors (Lipinski definition) is 2. The minimum atomic E-state index is -1.09. The number of rotatable bonds is 6. The van der Waals surface area contributed by atoms with Crippen molar-refractivity contribution in [3.05, 3.63) is 60.1 Å². The van der Waals surface area contributed by atoms with Crippen molar-refractivity contribution in [3.8, 4) is 0 Å². The lowest BCUT2D eigenvalue weighted by atomic mass is 10.0. The predicted octanol–water partition coefficient (Wildman–Crippen LogP) is 5.39. The van der Waals surface area contributed by atoms with Gasteiger partial charge in [-0.2, -0.15) is 0 Å². The Morgan fingerprint density at radius 3 is 2.34 bits per heavy atom. The van der Waals surface area contributed by atoms with Gasteiger partial charge in [0.05, 0.1) is 31.9 Å². The van der Waals surface area contributed by atoms with Crippen molar-refractivity contribution in [1.29, 1.82) is 0 Å². The molecule has 0 bridgehead atoms. The molecule has 1 atom stereocenters. The first kappa shape index (κ1) is 24.4. The Morgan fingerprint density at radius 2 is 1.72 bits per heavy atom. The molecule has 0 heterocycles. The molecule has 0 aliphatic heterocycles. The number of carbonyl (C=O) groups is 2. The van der Waals surface area contributed by atoms with E-state index in [2.05, 4.69) is 10.6 Å². The van der Waals surface area contributed by atoms with Crippen LogP contribution in [-0.2, 0) is 10.8 Å². The Morgan fingerprint density at radius 1 is 1.07 bits per heavy atom. The van der Waals surface area contributed by atoms with E-state index in [-0.39, 0.29) is 37.6 Å². The van der Waals surface area contributed by atoms with Crippen LogP contribution in [0.25, 0.3) is 0 Å². The third-order valence-corrected chi connectivity index (χ3v) is 7.11. The summed E-state index contributed by atoms with van der Waals surface area (Å²) in [7, 11) is -1.09. The number of carbonyl (C=O) groups excluding carboxylic acids is 2. The second kappa shape index (κ2) is 9.96.